The zero-order valence-corrected chi connectivity index (χ0v) is 8.03. The standard InChI is InChI=1S/C11H9N3O/c15-11(9-3-6-12-7-4-9)14-10-2-1-5-13-8-10/h1-8H,(H,14,15)/p+2. The largest absolute Gasteiger partial charge is 0.317 e. The number of carbonyl (C=O) groups is 1. The van der Waals surface area contributed by atoms with Gasteiger partial charge in [0.05, 0.1) is 5.56 Å². The minimum Gasteiger partial charge on any atom is -0.317 e. The van der Waals surface area contributed by atoms with Crippen molar-refractivity contribution >= 4 is 11.6 Å². The van der Waals surface area contributed by atoms with Gasteiger partial charge in [0.15, 0.2) is 24.8 Å². The Labute approximate surface area is 87.0 Å². The molecule has 0 fully saturated rings. The van der Waals surface area contributed by atoms with Crippen molar-refractivity contribution in [2.24, 2.45) is 0 Å². The van der Waals surface area contributed by atoms with E-state index in [1.54, 1.807) is 36.9 Å². The predicted molar refractivity (Wildman–Crippen MR) is 53.9 cm³/mol. The Morgan fingerprint density at radius 1 is 1.07 bits per heavy atom. The van der Waals surface area contributed by atoms with Crippen molar-refractivity contribution in [1.82, 2.24) is 0 Å². The van der Waals surface area contributed by atoms with E-state index >= 15 is 0 Å². The molecule has 2 aromatic rings. The number of pyridine rings is 2. The van der Waals surface area contributed by atoms with Crippen LogP contribution in [0.5, 0.6) is 0 Å². The van der Waals surface area contributed by atoms with Gasteiger partial charge in [-0.15, -0.1) is 0 Å². The van der Waals surface area contributed by atoms with Gasteiger partial charge in [0.1, 0.15) is 5.69 Å². The minimum atomic E-state index is -0.122. The van der Waals surface area contributed by atoms with E-state index in [1.807, 2.05) is 12.1 Å². The first-order chi connectivity index (χ1) is 7.36. The summed E-state index contributed by atoms with van der Waals surface area (Å²) >= 11 is 0. The molecular weight excluding hydrogens is 190 g/mol. The van der Waals surface area contributed by atoms with Gasteiger partial charge in [-0.3, -0.25) is 4.79 Å². The van der Waals surface area contributed by atoms with Gasteiger partial charge in [0.2, 0.25) is 0 Å². The van der Waals surface area contributed by atoms with E-state index in [0.29, 0.717) is 5.56 Å². The molecule has 15 heavy (non-hydrogen) atoms. The molecule has 3 N–H and O–H groups in total. The minimum absolute atomic E-state index is 0.122. The molecule has 1 amide bonds. The molecule has 0 aliphatic heterocycles. The van der Waals surface area contributed by atoms with E-state index < -0.39 is 0 Å². The van der Waals surface area contributed by atoms with Crippen molar-refractivity contribution in [3.8, 4) is 0 Å². The van der Waals surface area contributed by atoms with Gasteiger partial charge in [0.25, 0.3) is 5.91 Å². The Kier molecular flexibility index (Phi) is 2.69. The molecule has 2 heterocycles. The highest BCUT2D eigenvalue weighted by Gasteiger charge is 2.06. The molecule has 0 aromatic carbocycles. The Balaban J connectivity index is 2.12. The summed E-state index contributed by atoms with van der Waals surface area (Å²) in [6.45, 7) is 0. The Morgan fingerprint density at radius 3 is 2.53 bits per heavy atom. The van der Waals surface area contributed by atoms with Crippen molar-refractivity contribution in [2.45, 2.75) is 0 Å². The lowest BCUT2D eigenvalue weighted by Gasteiger charge is -2.00. The zero-order valence-electron chi connectivity index (χ0n) is 8.03. The van der Waals surface area contributed by atoms with Crippen molar-refractivity contribution < 1.29 is 14.8 Å². The van der Waals surface area contributed by atoms with Crippen LogP contribution in [0.15, 0.2) is 49.1 Å². The highest BCUT2D eigenvalue weighted by Crippen LogP contribution is 2.04. The molecule has 4 nitrogen and oxygen atoms in total. The molecule has 0 saturated carbocycles. The van der Waals surface area contributed by atoms with E-state index in [0.717, 1.165) is 5.69 Å². The lowest BCUT2D eigenvalue weighted by Crippen LogP contribution is -2.14. The molecule has 0 radical (unpaired) electrons. The fourth-order valence-electron chi connectivity index (χ4n) is 1.21. The molecular formula is C11H11N3O+2. The molecule has 0 atom stereocenters. The zero-order chi connectivity index (χ0) is 10.5. The number of H-pyrrole nitrogens is 2. The van der Waals surface area contributed by atoms with Gasteiger partial charge in [-0.2, -0.15) is 0 Å². The van der Waals surface area contributed by atoms with Crippen LogP contribution in [0.1, 0.15) is 10.4 Å². The third-order valence-electron chi connectivity index (χ3n) is 1.95. The lowest BCUT2D eigenvalue weighted by atomic mass is 10.2. The Hall–Kier alpha value is -2.23. The maximum Gasteiger partial charge on any atom is 0.256 e. The first-order valence-corrected chi connectivity index (χ1v) is 4.60. The van der Waals surface area contributed by atoms with Crippen LogP contribution in [0.4, 0.5) is 5.69 Å². The van der Waals surface area contributed by atoms with Crippen molar-refractivity contribution in [2.75, 3.05) is 5.32 Å². The first kappa shape index (κ1) is 9.33. The average molecular weight is 201 g/mol. The topological polar surface area (TPSA) is 57.4 Å². The highest BCUT2D eigenvalue weighted by molar-refractivity contribution is 6.03. The van der Waals surface area contributed by atoms with E-state index in [4.69, 9.17) is 0 Å². The molecule has 2 rings (SSSR count). The maximum absolute atomic E-state index is 11.7. The third-order valence-corrected chi connectivity index (χ3v) is 1.95. The number of nitrogens with one attached hydrogen (secondary N) is 3. The molecule has 0 aliphatic carbocycles. The van der Waals surface area contributed by atoms with E-state index in [1.165, 1.54) is 0 Å². The van der Waals surface area contributed by atoms with Crippen LogP contribution in [0.25, 0.3) is 0 Å². The van der Waals surface area contributed by atoms with E-state index in [-0.39, 0.29) is 5.91 Å². The second-order valence-corrected chi connectivity index (χ2v) is 3.03. The van der Waals surface area contributed by atoms with Crippen LogP contribution in [0.2, 0.25) is 0 Å². The monoisotopic (exact) mass is 201 g/mol. The average Bonchev–Trinajstić information content (AvgIpc) is 2.31. The second-order valence-electron chi connectivity index (χ2n) is 3.03. The summed E-state index contributed by atoms with van der Waals surface area (Å²) in [6.07, 6.45) is 6.94. The van der Waals surface area contributed by atoms with Crippen molar-refractivity contribution in [3.05, 3.63) is 54.6 Å². The molecule has 0 unspecified atom stereocenters. The number of hydrogen-bond donors (Lipinski definition) is 1. The number of carbonyl (C=O) groups excluding carboxylic acids is 1. The molecule has 0 bridgehead atoms. The quantitative estimate of drug-likeness (QED) is 0.758. The van der Waals surface area contributed by atoms with Gasteiger partial charge < -0.3 is 5.32 Å². The van der Waals surface area contributed by atoms with Gasteiger partial charge in [0, 0.05) is 18.2 Å². The maximum atomic E-state index is 11.7. The summed E-state index contributed by atoms with van der Waals surface area (Å²) in [7, 11) is 0. The number of rotatable bonds is 2. The number of anilines is 1. The summed E-state index contributed by atoms with van der Waals surface area (Å²) in [5.41, 5.74) is 1.37. The Morgan fingerprint density at radius 2 is 1.87 bits per heavy atom. The van der Waals surface area contributed by atoms with Crippen LogP contribution < -0.4 is 15.3 Å². The van der Waals surface area contributed by atoms with Crippen LogP contribution in [0, 0.1) is 0 Å². The van der Waals surface area contributed by atoms with Gasteiger partial charge in [-0.05, 0) is 6.07 Å². The molecule has 74 valence electrons. The summed E-state index contributed by atoms with van der Waals surface area (Å²) < 4.78 is 0. The van der Waals surface area contributed by atoms with Crippen molar-refractivity contribution in [3.63, 3.8) is 0 Å². The number of amides is 1. The van der Waals surface area contributed by atoms with Crippen LogP contribution in [-0.2, 0) is 0 Å². The number of aromatic amines is 2. The van der Waals surface area contributed by atoms with E-state index in [2.05, 4.69) is 15.3 Å². The number of hydrogen-bond acceptors (Lipinski definition) is 1. The molecule has 0 saturated heterocycles. The smallest absolute Gasteiger partial charge is 0.256 e. The van der Waals surface area contributed by atoms with Gasteiger partial charge in [-0.1, -0.05) is 0 Å². The lowest BCUT2D eigenvalue weighted by molar-refractivity contribution is -0.378. The van der Waals surface area contributed by atoms with Gasteiger partial charge in [-0.25, -0.2) is 9.97 Å². The highest BCUT2D eigenvalue weighted by atomic mass is 16.1. The van der Waals surface area contributed by atoms with Crippen LogP contribution >= 0.6 is 0 Å². The summed E-state index contributed by atoms with van der Waals surface area (Å²) in [6, 6.07) is 7.10. The normalized spacial score (nSPS) is 9.60. The van der Waals surface area contributed by atoms with Crippen LogP contribution in [0.3, 0.4) is 0 Å². The fourth-order valence-corrected chi connectivity index (χ4v) is 1.21. The molecule has 2 aromatic heterocycles. The summed E-state index contributed by atoms with van der Waals surface area (Å²) in [5, 5.41) is 2.77. The third kappa shape index (κ3) is 2.37. The summed E-state index contributed by atoms with van der Waals surface area (Å²) in [4.78, 5) is 17.4. The number of aromatic nitrogens is 2. The van der Waals surface area contributed by atoms with E-state index in [9.17, 15) is 4.79 Å². The van der Waals surface area contributed by atoms with Crippen molar-refractivity contribution in [1.29, 1.82) is 0 Å². The summed E-state index contributed by atoms with van der Waals surface area (Å²) in [5.74, 6) is -0.122. The molecule has 0 aliphatic rings. The first-order valence-electron chi connectivity index (χ1n) is 4.60. The second kappa shape index (κ2) is 4.32. The SMILES string of the molecule is O=C(Nc1ccc[nH+]c1)c1cc[nH+]cc1. The molecule has 0 spiro atoms. The van der Waals surface area contributed by atoms with Crippen LogP contribution in [-0.4, -0.2) is 5.91 Å². The molecule has 4 heteroatoms. The Bertz CT molecular complexity index is 442. The fraction of sp³-hybridized carbons (Fsp3) is 0. The predicted octanol–water partition coefficient (Wildman–Crippen LogP) is 0.567. The van der Waals surface area contributed by atoms with Gasteiger partial charge >= 0.3 is 0 Å².